The summed E-state index contributed by atoms with van der Waals surface area (Å²) in [4.78, 5) is 38.6. The van der Waals surface area contributed by atoms with E-state index in [0.717, 1.165) is 0 Å². The SMILES string of the molecule is CO[C@H]1O[C@H](CO)[C@@H](OC(=O)Nc2ccc3c(c2)OCO3)[C@@H]2OC(=O)[C@@H](C)CC=CC[C@H](C)C(=O)O[C@H]12. The Bertz CT molecular complexity index is 1030. The lowest BCUT2D eigenvalue weighted by atomic mass is 9.97. The van der Waals surface area contributed by atoms with Gasteiger partial charge in [-0.2, -0.15) is 0 Å². The van der Waals surface area contributed by atoms with E-state index in [2.05, 4.69) is 5.32 Å². The molecule has 12 nitrogen and oxygen atoms in total. The zero-order chi connectivity index (χ0) is 26.5. The fraction of sp³-hybridized carbons (Fsp3) is 0.560. The molecule has 0 unspecified atom stereocenters. The maximum absolute atomic E-state index is 12.9. The number of hydrogen-bond donors (Lipinski definition) is 2. The first-order valence-corrected chi connectivity index (χ1v) is 12.0. The number of rotatable bonds is 4. The second-order valence-corrected chi connectivity index (χ2v) is 9.07. The number of ether oxygens (including phenoxy) is 7. The van der Waals surface area contributed by atoms with Crippen LogP contribution in [0.3, 0.4) is 0 Å². The molecule has 4 rings (SSSR count). The number of aliphatic hydroxyl groups excluding tert-OH is 1. The van der Waals surface area contributed by atoms with Crippen molar-refractivity contribution in [3.05, 3.63) is 30.4 Å². The summed E-state index contributed by atoms with van der Waals surface area (Å²) in [5.41, 5.74) is 0.356. The van der Waals surface area contributed by atoms with Crippen molar-refractivity contribution in [2.75, 3.05) is 25.8 Å². The number of carbonyl (C=O) groups excluding carboxylic acids is 3. The van der Waals surface area contributed by atoms with Gasteiger partial charge in [-0.3, -0.25) is 14.9 Å². The number of anilines is 1. The van der Waals surface area contributed by atoms with Gasteiger partial charge in [-0.25, -0.2) is 4.79 Å². The molecule has 12 heteroatoms. The van der Waals surface area contributed by atoms with E-state index in [0.29, 0.717) is 30.0 Å². The topological polar surface area (TPSA) is 148 Å². The third-order valence-electron chi connectivity index (χ3n) is 6.32. The molecule has 0 bridgehead atoms. The van der Waals surface area contributed by atoms with Crippen molar-refractivity contribution < 1.29 is 52.6 Å². The third-order valence-corrected chi connectivity index (χ3v) is 6.32. The summed E-state index contributed by atoms with van der Waals surface area (Å²) >= 11 is 0. The molecule has 7 atom stereocenters. The molecule has 0 aliphatic carbocycles. The van der Waals surface area contributed by atoms with Crippen molar-refractivity contribution in [1.82, 2.24) is 0 Å². The van der Waals surface area contributed by atoms with Crippen molar-refractivity contribution in [3.63, 3.8) is 0 Å². The molecule has 3 heterocycles. The molecule has 202 valence electrons. The van der Waals surface area contributed by atoms with Gasteiger partial charge in [0.1, 0.15) is 6.10 Å². The Morgan fingerprint density at radius 3 is 2.32 bits per heavy atom. The number of methoxy groups -OCH3 is 1. The van der Waals surface area contributed by atoms with Crippen LogP contribution in [0.15, 0.2) is 30.4 Å². The first-order chi connectivity index (χ1) is 17.8. The molecule has 0 aromatic heterocycles. The van der Waals surface area contributed by atoms with E-state index in [9.17, 15) is 19.5 Å². The minimum atomic E-state index is -1.33. The van der Waals surface area contributed by atoms with Crippen LogP contribution in [0.1, 0.15) is 26.7 Å². The van der Waals surface area contributed by atoms with Crippen molar-refractivity contribution >= 4 is 23.7 Å². The van der Waals surface area contributed by atoms with E-state index >= 15 is 0 Å². The van der Waals surface area contributed by atoms with Gasteiger partial charge in [0, 0.05) is 18.9 Å². The third kappa shape index (κ3) is 6.14. The maximum Gasteiger partial charge on any atom is 0.412 e. The number of allylic oxidation sites excluding steroid dienone is 2. The molecular formula is C25H31NO11. The van der Waals surface area contributed by atoms with Crippen molar-refractivity contribution in [3.8, 4) is 11.5 Å². The van der Waals surface area contributed by atoms with Crippen molar-refractivity contribution in [2.45, 2.75) is 57.4 Å². The van der Waals surface area contributed by atoms with Gasteiger partial charge in [0.05, 0.1) is 18.4 Å². The minimum Gasteiger partial charge on any atom is -0.454 e. The average molecular weight is 522 g/mol. The Morgan fingerprint density at radius 1 is 1.03 bits per heavy atom. The maximum atomic E-state index is 12.9. The van der Waals surface area contributed by atoms with Crippen LogP contribution in [-0.4, -0.2) is 74.4 Å². The number of benzene rings is 1. The van der Waals surface area contributed by atoms with Gasteiger partial charge in [-0.05, 0) is 25.0 Å². The highest BCUT2D eigenvalue weighted by atomic mass is 16.7. The molecule has 1 amide bonds. The van der Waals surface area contributed by atoms with Crippen molar-refractivity contribution in [1.29, 1.82) is 0 Å². The predicted molar refractivity (Wildman–Crippen MR) is 126 cm³/mol. The van der Waals surface area contributed by atoms with Crippen LogP contribution in [-0.2, 0) is 33.3 Å². The number of hydrogen-bond acceptors (Lipinski definition) is 11. The fourth-order valence-electron chi connectivity index (χ4n) is 4.16. The average Bonchev–Trinajstić information content (AvgIpc) is 3.35. The molecule has 0 saturated carbocycles. The normalized spacial score (nSPS) is 31.7. The molecule has 3 aliphatic rings. The van der Waals surface area contributed by atoms with Gasteiger partial charge < -0.3 is 38.3 Å². The molecule has 0 radical (unpaired) electrons. The van der Waals surface area contributed by atoms with E-state index in [4.69, 9.17) is 33.2 Å². The Kier molecular flexibility index (Phi) is 8.52. The van der Waals surface area contributed by atoms with Crippen molar-refractivity contribution in [2.24, 2.45) is 11.8 Å². The standard InChI is InChI=1S/C25H31NO11/c1-13-6-4-5-7-14(2)23(29)36-21-20(35-22(13)28)19(18(11-27)34-24(21)31-3)37-25(30)26-15-8-9-16-17(10-15)33-12-32-16/h4-5,8-10,13-14,18-21,24,27H,6-7,11-12H2,1-3H3,(H,26,30)/t13-,14-,18+,19+,20-,21-,24-/m0/s1. The lowest BCUT2D eigenvalue weighted by molar-refractivity contribution is -0.300. The molecule has 1 saturated heterocycles. The summed E-state index contributed by atoms with van der Waals surface area (Å²) in [6, 6.07) is 4.78. The molecule has 2 N–H and O–H groups in total. The highest BCUT2D eigenvalue weighted by Crippen LogP contribution is 2.35. The largest absolute Gasteiger partial charge is 0.454 e. The molecule has 37 heavy (non-hydrogen) atoms. The van der Waals surface area contributed by atoms with Gasteiger partial charge in [0.15, 0.2) is 36.1 Å². The molecule has 1 aromatic rings. The number of nitrogens with one attached hydrogen (secondary N) is 1. The number of esters is 2. The van der Waals surface area contributed by atoms with Gasteiger partial charge in [0.2, 0.25) is 6.79 Å². The van der Waals surface area contributed by atoms with Crippen LogP contribution in [0.5, 0.6) is 11.5 Å². The quantitative estimate of drug-likeness (QED) is 0.341. The van der Waals surface area contributed by atoms with Crippen LogP contribution < -0.4 is 14.8 Å². The Balaban J connectivity index is 1.60. The summed E-state index contributed by atoms with van der Waals surface area (Å²) in [7, 11) is 1.32. The van der Waals surface area contributed by atoms with Crippen LogP contribution in [0.4, 0.5) is 10.5 Å². The monoisotopic (exact) mass is 521 g/mol. The second kappa shape index (κ2) is 11.8. The number of carbonyl (C=O) groups is 3. The molecular weight excluding hydrogens is 490 g/mol. The van der Waals surface area contributed by atoms with Crippen LogP contribution in [0.25, 0.3) is 0 Å². The second-order valence-electron chi connectivity index (χ2n) is 9.07. The molecule has 3 aliphatic heterocycles. The summed E-state index contributed by atoms with van der Waals surface area (Å²) in [6.07, 6.45) is -2.72. The van der Waals surface area contributed by atoms with E-state index in [-0.39, 0.29) is 6.79 Å². The minimum absolute atomic E-state index is 0.0709. The Labute approximate surface area is 213 Å². The molecule has 0 spiro atoms. The van der Waals surface area contributed by atoms with E-state index in [1.165, 1.54) is 7.11 Å². The van der Waals surface area contributed by atoms with Gasteiger partial charge in [-0.15, -0.1) is 0 Å². The first-order valence-electron chi connectivity index (χ1n) is 12.0. The van der Waals surface area contributed by atoms with E-state index < -0.39 is 67.2 Å². The molecule has 1 fully saturated rings. The van der Waals surface area contributed by atoms with Crippen LogP contribution >= 0.6 is 0 Å². The Hall–Kier alpha value is -3.35. The number of amides is 1. The predicted octanol–water partition coefficient (Wildman–Crippen LogP) is 2.14. The fourth-order valence-corrected chi connectivity index (χ4v) is 4.16. The smallest absolute Gasteiger partial charge is 0.412 e. The van der Waals surface area contributed by atoms with E-state index in [1.807, 2.05) is 6.08 Å². The summed E-state index contributed by atoms with van der Waals surface area (Å²) in [6.45, 7) is 2.88. The summed E-state index contributed by atoms with van der Waals surface area (Å²) in [5, 5.41) is 12.6. The lowest BCUT2D eigenvalue weighted by Crippen LogP contribution is -2.63. The lowest BCUT2D eigenvalue weighted by Gasteiger charge is -2.44. The highest BCUT2D eigenvalue weighted by Gasteiger charge is 2.53. The molecule has 1 aromatic carbocycles. The van der Waals surface area contributed by atoms with Gasteiger partial charge >= 0.3 is 18.0 Å². The Morgan fingerprint density at radius 2 is 1.68 bits per heavy atom. The van der Waals surface area contributed by atoms with Crippen LogP contribution in [0, 0.1) is 11.8 Å². The zero-order valence-corrected chi connectivity index (χ0v) is 20.8. The summed E-state index contributed by atoms with van der Waals surface area (Å²) in [5.74, 6) is -1.20. The highest BCUT2D eigenvalue weighted by molar-refractivity contribution is 5.85. The first kappa shape index (κ1) is 26.7. The summed E-state index contributed by atoms with van der Waals surface area (Å²) < 4.78 is 38.7. The van der Waals surface area contributed by atoms with Gasteiger partial charge in [0.25, 0.3) is 0 Å². The number of fused-ring (bicyclic) bond motifs is 2. The van der Waals surface area contributed by atoms with Gasteiger partial charge in [-0.1, -0.05) is 26.0 Å². The van der Waals surface area contributed by atoms with E-state index in [1.54, 1.807) is 38.1 Å². The number of aliphatic hydroxyl groups is 1. The van der Waals surface area contributed by atoms with Crippen LogP contribution in [0.2, 0.25) is 0 Å². The zero-order valence-electron chi connectivity index (χ0n) is 20.8.